The van der Waals surface area contributed by atoms with E-state index in [0.717, 1.165) is 4.90 Å². The average molecular weight is 455 g/mol. The van der Waals surface area contributed by atoms with Gasteiger partial charge in [0.2, 0.25) is 5.91 Å². The number of ether oxygens (including phenoxy) is 1. The first-order chi connectivity index (χ1) is 14.3. The molecule has 10 heteroatoms. The molecule has 2 aliphatic rings. The molecule has 4 rings (SSSR count). The quantitative estimate of drug-likeness (QED) is 0.650. The zero-order valence-electron chi connectivity index (χ0n) is 15.3. The summed E-state index contributed by atoms with van der Waals surface area (Å²) in [6, 6.07) is 7.22. The van der Waals surface area contributed by atoms with Crippen LogP contribution in [0.4, 0.5) is 14.5 Å². The standard InChI is InChI=1S/C20H14Cl2F2N2O4/c21-13-7-11-12(8-14(13)22)19(29)26(18(11)28)9-16(27)25-6-2-4-10-3-1-5-15(17(10)25)30-20(23)24/h1,3,5,7-8,20H,2,4,6,9H2. The largest absolute Gasteiger partial charge is 0.433 e. The van der Waals surface area contributed by atoms with E-state index in [-0.39, 0.29) is 39.2 Å². The molecule has 0 N–H and O–H groups in total. The second-order valence-electron chi connectivity index (χ2n) is 6.80. The normalized spacial score (nSPS) is 15.5. The minimum Gasteiger partial charge on any atom is -0.433 e. The van der Waals surface area contributed by atoms with Crippen molar-refractivity contribution in [1.82, 2.24) is 4.90 Å². The highest BCUT2D eigenvalue weighted by Gasteiger charge is 2.39. The molecule has 0 radical (unpaired) electrons. The van der Waals surface area contributed by atoms with Crippen molar-refractivity contribution >= 4 is 46.6 Å². The van der Waals surface area contributed by atoms with Gasteiger partial charge in [0.05, 0.1) is 26.9 Å². The zero-order valence-corrected chi connectivity index (χ0v) is 16.8. The number of hydrogen-bond donors (Lipinski definition) is 0. The Morgan fingerprint density at radius 3 is 2.33 bits per heavy atom. The fourth-order valence-electron chi connectivity index (χ4n) is 3.70. The molecule has 0 aromatic heterocycles. The van der Waals surface area contributed by atoms with Crippen LogP contribution < -0.4 is 9.64 Å². The van der Waals surface area contributed by atoms with Crippen molar-refractivity contribution in [1.29, 1.82) is 0 Å². The Hall–Kier alpha value is -2.71. The number of carbonyl (C=O) groups excluding carboxylic acids is 3. The van der Waals surface area contributed by atoms with Gasteiger partial charge in [-0.15, -0.1) is 0 Å². The number of halogens is 4. The van der Waals surface area contributed by atoms with Crippen molar-refractivity contribution in [2.75, 3.05) is 18.0 Å². The minimum absolute atomic E-state index is 0.0583. The van der Waals surface area contributed by atoms with Crippen LogP contribution in [-0.2, 0) is 11.2 Å². The van der Waals surface area contributed by atoms with E-state index < -0.39 is 30.9 Å². The number of amides is 3. The summed E-state index contributed by atoms with van der Waals surface area (Å²) in [7, 11) is 0. The molecule has 0 saturated heterocycles. The van der Waals surface area contributed by atoms with Gasteiger partial charge in [-0.1, -0.05) is 35.3 Å². The lowest BCUT2D eigenvalue weighted by Gasteiger charge is -2.32. The number of carbonyl (C=O) groups is 3. The van der Waals surface area contributed by atoms with Gasteiger partial charge in [0.15, 0.2) is 0 Å². The molecule has 0 bridgehead atoms. The Morgan fingerprint density at radius 2 is 1.73 bits per heavy atom. The highest BCUT2D eigenvalue weighted by molar-refractivity contribution is 6.43. The first-order valence-electron chi connectivity index (χ1n) is 9.00. The SMILES string of the molecule is O=C1c2cc(Cl)c(Cl)cc2C(=O)N1CC(=O)N1CCCc2cccc(OC(F)F)c21. The van der Waals surface area contributed by atoms with Gasteiger partial charge in [-0.25, -0.2) is 0 Å². The second-order valence-corrected chi connectivity index (χ2v) is 7.61. The molecule has 3 amide bonds. The molecule has 2 aromatic rings. The monoisotopic (exact) mass is 454 g/mol. The maximum atomic E-state index is 13.0. The maximum Gasteiger partial charge on any atom is 0.387 e. The third kappa shape index (κ3) is 3.50. The van der Waals surface area contributed by atoms with Crippen molar-refractivity contribution in [3.05, 3.63) is 57.1 Å². The minimum atomic E-state index is -3.05. The van der Waals surface area contributed by atoms with E-state index >= 15 is 0 Å². The Balaban J connectivity index is 1.62. The van der Waals surface area contributed by atoms with Gasteiger partial charge in [0, 0.05) is 6.54 Å². The fourth-order valence-corrected chi connectivity index (χ4v) is 4.03. The third-order valence-electron chi connectivity index (χ3n) is 5.00. The number of para-hydroxylation sites is 1. The lowest BCUT2D eigenvalue weighted by atomic mass is 10.0. The summed E-state index contributed by atoms with van der Waals surface area (Å²) in [4.78, 5) is 40.4. The lowest BCUT2D eigenvalue weighted by Crippen LogP contribution is -2.44. The third-order valence-corrected chi connectivity index (χ3v) is 5.72. The van der Waals surface area contributed by atoms with E-state index in [1.807, 2.05) is 0 Å². The first kappa shape index (κ1) is 20.6. The van der Waals surface area contributed by atoms with Gasteiger partial charge >= 0.3 is 6.61 Å². The maximum absolute atomic E-state index is 13.0. The number of rotatable bonds is 4. The predicted molar refractivity (Wildman–Crippen MR) is 106 cm³/mol. The summed E-state index contributed by atoms with van der Waals surface area (Å²) in [6.45, 7) is -3.36. The number of benzene rings is 2. The molecule has 0 saturated carbocycles. The number of imide groups is 1. The van der Waals surface area contributed by atoms with Crippen LogP contribution in [0.5, 0.6) is 5.75 Å². The summed E-state index contributed by atoms with van der Waals surface area (Å²) in [5.74, 6) is -2.06. The Labute approximate surface area is 179 Å². The average Bonchev–Trinajstić information content (AvgIpc) is 2.92. The van der Waals surface area contributed by atoms with E-state index in [9.17, 15) is 23.2 Å². The molecule has 0 spiro atoms. The number of nitrogens with zero attached hydrogens (tertiary/aromatic N) is 2. The van der Waals surface area contributed by atoms with E-state index in [2.05, 4.69) is 4.74 Å². The molecule has 2 aromatic carbocycles. The molecule has 6 nitrogen and oxygen atoms in total. The van der Waals surface area contributed by atoms with Gasteiger partial charge in [0.1, 0.15) is 12.3 Å². The highest BCUT2D eigenvalue weighted by Crippen LogP contribution is 2.38. The van der Waals surface area contributed by atoms with Crippen molar-refractivity contribution in [3.63, 3.8) is 0 Å². The number of aryl methyl sites for hydroxylation is 1. The Kier molecular flexibility index (Phi) is 5.38. The van der Waals surface area contributed by atoms with E-state index in [0.29, 0.717) is 18.4 Å². The van der Waals surface area contributed by atoms with Gasteiger partial charge < -0.3 is 9.64 Å². The number of fused-ring (bicyclic) bond motifs is 2. The lowest BCUT2D eigenvalue weighted by molar-refractivity contribution is -0.119. The van der Waals surface area contributed by atoms with Crippen LogP contribution in [-0.4, -0.2) is 42.3 Å². The topological polar surface area (TPSA) is 66.9 Å². The first-order valence-corrected chi connectivity index (χ1v) is 9.76. The van der Waals surface area contributed by atoms with Crippen molar-refractivity contribution in [2.24, 2.45) is 0 Å². The van der Waals surface area contributed by atoms with E-state index in [4.69, 9.17) is 23.2 Å². The molecular weight excluding hydrogens is 441 g/mol. The second kappa shape index (κ2) is 7.85. The molecule has 156 valence electrons. The summed E-state index contributed by atoms with van der Waals surface area (Å²) in [5, 5.41) is 0.229. The Bertz CT molecular complexity index is 1040. The number of anilines is 1. The van der Waals surface area contributed by atoms with Crippen molar-refractivity contribution < 1.29 is 27.9 Å². The summed E-state index contributed by atoms with van der Waals surface area (Å²) in [5.41, 5.74) is 1.02. The fraction of sp³-hybridized carbons (Fsp3) is 0.250. The van der Waals surface area contributed by atoms with Crippen LogP contribution in [0.25, 0.3) is 0 Å². The van der Waals surface area contributed by atoms with Crippen LogP contribution in [0.1, 0.15) is 32.7 Å². The summed E-state index contributed by atoms with van der Waals surface area (Å²) >= 11 is 11.9. The van der Waals surface area contributed by atoms with Crippen LogP contribution in [0.3, 0.4) is 0 Å². The van der Waals surface area contributed by atoms with Crippen molar-refractivity contribution in [2.45, 2.75) is 19.5 Å². The van der Waals surface area contributed by atoms with Crippen LogP contribution >= 0.6 is 23.2 Å². The van der Waals surface area contributed by atoms with Gasteiger partial charge in [-0.2, -0.15) is 8.78 Å². The van der Waals surface area contributed by atoms with E-state index in [1.165, 1.54) is 23.1 Å². The summed E-state index contributed by atoms with van der Waals surface area (Å²) in [6.07, 6.45) is 1.19. The number of alkyl halides is 2. The molecular formula is C20H14Cl2F2N2O4. The molecule has 0 atom stereocenters. The zero-order chi connectivity index (χ0) is 21.6. The van der Waals surface area contributed by atoms with Crippen LogP contribution in [0.15, 0.2) is 30.3 Å². The van der Waals surface area contributed by atoms with Crippen LogP contribution in [0, 0.1) is 0 Å². The molecule has 0 aliphatic carbocycles. The Morgan fingerprint density at radius 1 is 1.10 bits per heavy atom. The summed E-state index contributed by atoms with van der Waals surface area (Å²) < 4.78 is 30.2. The van der Waals surface area contributed by atoms with Gasteiger partial charge in [-0.05, 0) is 36.6 Å². The molecule has 30 heavy (non-hydrogen) atoms. The van der Waals surface area contributed by atoms with Crippen molar-refractivity contribution in [3.8, 4) is 5.75 Å². The predicted octanol–water partition coefficient (Wildman–Crippen LogP) is 4.17. The van der Waals surface area contributed by atoms with Crippen LogP contribution in [0.2, 0.25) is 10.0 Å². The molecule has 2 aliphatic heterocycles. The highest BCUT2D eigenvalue weighted by atomic mass is 35.5. The molecule has 0 unspecified atom stereocenters. The number of hydrogen-bond acceptors (Lipinski definition) is 4. The molecule has 0 fully saturated rings. The molecule has 2 heterocycles. The van der Waals surface area contributed by atoms with E-state index in [1.54, 1.807) is 12.1 Å². The smallest absolute Gasteiger partial charge is 0.387 e. The van der Waals surface area contributed by atoms with Gasteiger partial charge in [-0.3, -0.25) is 19.3 Å². The van der Waals surface area contributed by atoms with Gasteiger partial charge in [0.25, 0.3) is 11.8 Å².